The van der Waals surface area contributed by atoms with Gasteiger partial charge >= 0.3 is 5.63 Å². The molecule has 0 saturated heterocycles. The van der Waals surface area contributed by atoms with Crippen molar-refractivity contribution in [1.82, 2.24) is 9.97 Å². The average Bonchev–Trinajstić information content (AvgIpc) is 2.65. The Morgan fingerprint density at radius 3 is 2.81 bits per heavy atom. The number of hydrogen-bond acceptors (Lipinski definition) is 5. The molecule has 0 aliphatic heterocycles. The Balaban J connectivity index is 1.72. The van der Waals surface area contributed by atoms with E-state index in [1.807, 2.05) is 36.4 Å². The highest BCUT2D eigenvalue weighted by Gasteiger charge is 2.10. The zero-order chi connectivity index (χ0) is 18.1. The van der Waals surface area contributed by atoms with Crippen LogP contribution in [0.2, 0.25) is 0 Å². The molecule has 5 nitrogen and oxygen atoms in total. The lowest BCUT2D eigenvalue weighted by atomic mass is 10.1. The van der Waals surface area contributed by atoms with Crippen LogP contribution in [-0.2, 0) is 13.0 Å². The molecule has 2 aromatic heterocycles. The Labute approximate surface area is 157 Å². The lowest BCUT2D eigenvalue weighted by Gasteiger charge is -2.10. The Kier molecular flexibility index (Phi) is 4.42. The molecule has 4 rings (SSSR count). The van der Waals surface area contributed by atoms with Gasteiger partial charge in [-0.25, -0.2) is 14.8 Å². The number of benzene rings is 2. The number of nitrogens with zero attached hydrogens (tertiary/aromatic N) is 2. The summed E-state index contributed by atoms with van der Waals surface area (Å²) in [6.45, 7) is 2.27. The van der Waals surface area contributed by atoms with E-state index in [-0.39, 0.29) is 12.2 Å². The summed E-state index contributed by atoms with van der Waals surface area (Å²) >= 11 is 3.45. The molecule has 6 heteroatoms. The van der Waals surface area contributed by atoms with E-state index in [1.165, 1.54) is 12.4 Å². The summed E-state index contributed by atoms with van der Waals surface area (Å²) in [5.41, 5.74) is 2.86. The second-order valence-electron chi connectivity index (χ2n) is 5.90. The molecular weight excluding hydrogens is 396 g/mol. The molecule has 0 amide bonds. The zero-order valence-electron chi connectivity index (χ0n) is 14.0. The molecule has 0 N–H and O–H groups in total. The number of rotatable bonds is 4. The van der Waals surface area contributed by atoms with Gasteiger partial charge in [0.15, 0.2) is 0 Å². The molecule has 0 atom stereocenters. The Hall–Kier alpha value is -2.73. The summed E-state index contributed by atoms with van der Waals surface area (Å²) < 4.78 is 12.2. The summed E-state index contributed by atoms with van der Waals surface area (Å²) in [6, 6.07) is 13.1. The van der Waals surface area contributed by atoms with Gasteiger partial charge in [0.2, 0.25) is 5.88 Å². The molecule has 4 aromatic rings. The first-order chi connectivity index (χ1) is 12.6. The van der Waals surface area contributed by atoms with E-state index in [9.17, 15) is 4.79 Å². The summed E-state index contributed by atoms with van der Waals surface area (Å²) in [4.78, 5) is 20.4. The summed E-state index contributed by atoms with van der Waals surface area (Å²) in [5, 5.41) is 1.67. The maximum atomic E-state index is 11.9. The topological polar surface area (TPSA) is 65.2 Å². The number of aromatic nitrogens is 2. The summed E-state index contributed by atoms with van der Waals surface area (Å²) in [6.07, 6.45) is 2.35. The van der Waals surface area contributed by atoms with Gasteiger partial charge in [-0.3, -0.25) is 0 Å². The quantitative estimate of drug-likeness (QED) is 0.458. The molecule has 0 bridgehead atoms. The molecule has 0 aliphatic carbocycles. The molecular formula is C20H15BrN2O3. The lowest BCUT2D eigenvalue weighted by molar-refractivity contribution is 0.298. The van der Waals surface area contributed by atoms with Crippen molar-refractivity contribution in [3.63, 3.8) is 0 Å². The van der Waals surface area contributed by atoms with Crippen molar-refractivity contribution in [3.05, 3.63) is 74.8 Å². The fourth-order valence-electron chi connectivity index (χ4n) is 2.88. The van der Waals surface area contributed by atoms with Crippen LogP contribution < -0.4 is 10.4 Å². The van der Waals surface area contributed by atoms with Crippen LogP contribution in [0, 0.1) is 0 Å². The van der Waals surface area contributed by atoms with Crippen LogP contribution >= 0.6 is 15.9 Å². The minimum Gasteiger partial charge on any atom is -0.472 e. The normalized spacial score (nSPS) is 11.2. The standard InChI is InChI=1S/C20H15BrN2O3/c1-2-12-3-5-15-13(8-19(24)26-18(15)7-12)10-25-20-16-9-14(21)4-6-17(16)22-11-23-20/h3-9,11H,2,10H2,1H3. The van der Waals surface area contributed by atoms with E-state index in [0.29, 0.717) is 11.5 Å². The monoisotopic (exact) mass is 410 g/mol. The van der Waals surface area contributed by atoms with Gasteiger partial charge in [0.25, 0.3) is 0 Å². The first kappa shape index (κ1) is 16.7. The van der Waals surface area contributed by atoms with E-state index in [2.05, 4.69) is 32.8 Å². The molecule has 130 valence electrons. The van der Waals surface area contributed by atoms with Gasteiger partial charge in [0.05, 0.1) is 10.9 Å². The molecule has 2 aromatic carbocycles. The minimum absolute atomic E-state index is 0.214. The molecule has 0 spiro atoms. The van der Waals surface area contributed by atoms with Crippen molar-refractivity contribution >= 4 is 37.8 Å². The third kappa shape index (κ3) is 3.20. The van der Waals surface area contributed by atoms with Crippen LogP contribution in [0.3, 0.4) is 0 Å². The largest absolute Gasteiger partial charge is 0.472 e. The van der Waals surface area contributed by atoms with Crippen molar-refractivity contribution in [2.45, 2.75) is 20.0 Å². The second-order valence-corrected chi connectivity index (χ2v) is 6.82. The van der Waals surface area contributed by atoms with Crippen LogP contribution in [-0.4, -0.2) is 9.97 Å². The Morgan fingerprint density at radius 2 is 1.96 bits per heavy atom. The molecule has 0 aliphatic rings. The van der Waals surface area contributed by atoms with Gasteiger partial charge < -0.3 is 9.15 Å². The molecule has 0 unspecified atom stereocenters. The molecule has 26 heavy (non-hydrogen) atoms. The third-order valence-electron chi connectivity index (χ3n) is 4.23. The van der Waals surface area contributed by atoms with Gasteiger partial charge in [0.1, 0.15) is 18.5 Å². The van der Waals surface area contributed by atoms with Crippen LogP contribution in [0.25, 0.3) is 21.9 Å². The number of aryl methyl sites for hydroxylation is 1. The number of ether oxygens (including phenoxy) is 1. The van der Waals surface area contributed by atoms with Crippen molar-refractivity contribution in [2.24, 2.45) is 0 Å². The lowest BCUT2D eigenvalue weighted by Crippen LogP contribution is -2.05. The van der Waals surface area contributed by atoms with E-state index < -0.39 is 0 Å². The fraction of sp³-hybridized carbons (Fsp3) is 0.150. The Bertz CT molecular complexity index is 1170. The van der Waals surface area contributed by atoms with Crippen LogP contribution in [0.5, 0.6) is 5.88 Å². The average molecular weight is 411 g/mol. The number of halogens is 1. The van der Waals surface area contributed by atoms with E-state index in [4.69, 9.17) is 9.15 Å². The first-order valence-electron chi connectivity index (χ1n) is 8.23. The van der Waals surface area contributed by atoms with Gasteiger partial charge in [-0.15, -0.1) is 0 Å². The first-order valence-corrected chi connectivity index (χ1v) is 9.02. The van der Waals surface area contributed by atoms with E-state index in [1.54, 1.807) is 0 Å². The highest BCUT2D eigenvalue weighted by molar-refractivity contribution is 9.10. The highest BCUT2D eigenvalue weighted by atomic mass is 79.9. The number of hydrogen-bond donors (Lipinski definition) is 0. The molecule has 0 fully saturated rings. The minimum atomic E-state index is -0.389. The fourth-order valence-corrected chi connectivity index (χ4v) is 3.24. The molecule has 2 heterocycles. The number of fused-ring (bicyclic) bond motifs is 2. The molecule has 0 saturated carbocycles. The smallest absolute Gasteiger partial charge is 0.336 e. The second kappa shape index (κ2) is 6.88. The zero-order valence-corrected chi connectivity index (χ0v) is 15.6. The van der Waals surface area contributed by atoms with Crippen molar-refractivity contribution in [1.29, 1.82) is 0 Å². The van der Waals surface area contributed by atoms with E-state index in [0.717, 1.165) is 38.3 Å². The Morgan fingerprint density at radius 1 is 1.08 bits per heavy atom. The van der Waals surface area contributed by atoms with Crippen molar-refractivity contribution in [3.8, 4) is 5.88 Å². The van der Waals surface area contributed by atoms with E-state index >= 15 is 0 Å². The molecule has 0 radical (unpaired) electrons. The summed E-state index contributed by atoms with van der Waals surface area (Å²) in [5.74, 6) is 0.475. The van der Waals surface area contributed by atoms with Gasteiger partial charge in [-0.1, -0.05) is 35.0 Å². The third-order valence-corrected chi connectivity index (χ3v) is 4.72. The predicted molar refractivity (Wildman–Crippen MR) is 103 cm³/mol. The van der Waals surface area contributed by atoms with Gasteiger partial charge in [-0.2, -0.15) is 0 Å². The summed E-state index contributed by atoms with van der Waals surface area (Å²) in [7, 11) is 0. The van der Waals surface area contributed by atoms with Crippen LogP contribution in [0.15, 0.2) is 62.5 Å². The SMILES string of the molecule is CCc1ccc2c(COc3ncnc4ccc(Br)cc34)cc(=O)oc2c1. The van der Waals surface area contributed by atoms with Gasteiger partial charge in [0, 0.05) is 21.5 Å². The van der Waals surface area contributed by atoms with Gasteiger partial charge in [-0.05, 0) is 36.2 Å². The predicted octanol–water partition coefficient (Wildman–Crippen LogP) is 4.64. The maximum Gasteiger partial charge on any atom is 0.336 e. The van der Waals surface area contributed by atoms with Crippen LogP contribution in [0.1, 0.15) is 18.1 Å². The van der Waals surface area contributed by atoms with Crippen LogP contribution in [0.4, 0.5) is 0 Å². The van der Waals surface area contributed by atoms with Crippen molar-refractivity contribution < 1.29 is 9.15 Å². The van der Waals surface area contributed by atoms with Crippen molar-refractivity contribution in [2.75, 3.05) is 0 Å². The maximum absolute atomic E-state index is 11.9. The highest BCUT2D eigenvalue weighted by Crippen LogP contribution is 2.26.